The van der Waals surface area contributed by atoms with Crippen molar-refractivity contribution in [3.63, 3.8) is 0 Å². The van der Waals surface area contributed by atoms with Crippen LogP contribution in [0.3, 0.4) is 0 Å². The molecule has 25 heavy (non-hydrogen) atoms. The van der Waals surface area contributed by atoms with Crippen molar-refractivity contribution in [1.29, 1.82) is 0 Å². The summed E-state index contributed by atoms with van der Waals surface area (Å²) in [6.45, 7) is 2.40. The normalized spacial score (nSPS) is 13.5. The van der Waals surface area contributed by atoms with Gasteiger partial charge in [-0.3, -0.25) is 14.4 Å². The number of anilines is 1. The molecule has 1 aliphatic rings. The lowest BCUT2D eigenvalue weighted by Gasteiger charge is -2.17. The largest absolute Gasteiger partial charge is 0.494 e. The van der Waals surface area contributed by atoms with Gasteiger partial charge in [0.05, 0.1) is 6.61 Å². The van der Waals surface area contributed by atoms with Crippen LogP contribution in [0.1, 0.15) is 27.6 Å². The summed E-state index contributed by atoms with van der Waals surface area (Å²) < 4.78 is 5.33. The van der Waals surface area contributed by atoms with E-state index >= 15 is 0 Å². The highest BCUT2D eigenvalue weighted by atomic mass is 35.5. The number of carbonyl (C=O) groups excluding carboxylic acids is 3. The number of allylic oxidation sites excluding steroid dienone is 1. The second kappa shape index (κ2) is 6.91. The lowest BCUT2D eigenvalue weighted by molar-refractivity contribution is -0.112. The maximum atomic E-state index is 12.6. The summed E-state index contributed by atoms with van der Waals surface area (Å²) in [5.74, 6) is -1.16. The van der Waals surface area contributed by atoms with Crippen LogP contribution in [-0.4, -0.2) is 24.1 Å². The van der Waals surface area contributed by atoms with Crippen LogP contribution in [-0.2, 0) is 4.79 Å². The lowest BCUT2D eigenvalue weighted by atomic mass is 9.89. The molecule has 2 aromatic rings. The number of hydrogen-bond donors (Lipinski definition) is 1. The number of amides is 1. The van der Waals surface area contributed by atoms with Crippen LogP contribution >= 0.6 is 11.6 Å². The van der Waals surface area contributed by atoms with Crippen molar-refractivity contribution >= 4 is 34.8 Å². The smallest absolute Gasteiger partial charge is 0.261 e. The Morgan fingerprint density at radius 2 is 1.60 bits per heavy atom. The van der Waals surface area contributed by atoms with E-state index in [1.54, 1.807) is 36.4 Å². The van der Waals surface area contributed by atoms with Crippen molar-refractivity contribution in [2.75, 3.05) is 11.9 Å². The van der Waals surface area contributed by atoms with E-state index in [4.69, 9.17) is 16.3 Å². The van der Waals surface area contributed by atoms with Gasteiger partial charge in [0.25, 0.3) is 5.91 Å². The fourth-order valence-corrected chi connectivity index (χ4v) is 2.82. The van der Waals surface area contributed by atoms with Gasteiger partial charge in [-0.25, -0.2) is 0 Å². The molecule has 5 nitrogen and oxygen atoms in total. The topological polar surface area (TPSA) is 72.5 Å². The molecular formula is C19H14ClNO4. The Labute approximate surface area is 149 Å². The van der Waals surface area contributed by atoms with Gasteiger partial charge in [0.2, 0.25) is 11.6 Å². The van der Waals surface area contributed by atoms with E-state index in [1.165, 1.54) is 12.1 Å². The van der Waals surface area contributed by atoms with Crippen LogP contribution in [0, 0.1) is 0 Å². The number of hydrogen-bond acceptors (Lipinski definition) is 4. The molecule has 0 aliphatic heterocycles. The van der Waals surface area contributed by atoms with E-state index in [0.717, 1.165) is 0 Å². The minimum Gasteiger partial charge on any atom is -0.494 e. The maximum Gasteiger partial charge on any atom is 0.261 e. The average Bonchev–Trinajstić information content (AvgIpc) is 2.62. The molecule has 0 spiro atoms. The molecule has 1 amide bonds. The third kappa shape index (κ3) is 3.19. The maximum absolute atomic E-state index is 12.6. The molecule has 0 atom stereocenters. The number of rotatable bonds is 4. The Hall–Kier alpha value is -2.92. The predicted molar refractivity (Wildman–Crippen MR) is 94.2 cm³/mol. The number of halogens is 1. The van der Waals surface area contributed by atoms with E-state index in [-0.39, 0.29) is 21.7 Å². The first-order valence-electron chi connectivity index (χ1n) is 7.65. The Bertz CT molecular complexity index is 900. The van der Waals surface area contributed by atoms with Gasteiger partial charge in [0.15, 0.2) is 0 Å². The van der Waals surface area contributed by atoms with Gasteiger partial charge in [-0.1, -0.05) is 35.9 Å². The molecule has 1 aliphatic carbocycles. The number of ether oxygens (including phenoxy) is 1. The molecule has 126 valence electrons. The molecule has 0 fully saturated rings. The number of Topliss-reactive ketones (excluding diaryl/α,β-unsaturated/α-hetero) is 2. The first-order valence-corrected chi connectivity index (χ1v) is 8.03. The lowest BCUT2D eigenvalue weighted by Crippen LogP contribution is -2.28. The Kier molecular flexibility index (Phi) is 4.67. The standard InChI is InChI=1S/C19H14ClNO4/c1-2-25-12-9-7-11(8-10-12)21-19(24)15-16(20)18(23)14-6-4-3-5-13(14)17(15)22/h3-10H,2H2,1H3,(H,21,24). The zero-order chi connectivity index (χ0) is 18.0. The molecule has 0 saturated heterocycles. The second-order valence-electron chi connectivity index (χ2n) is 5.30. The van der Waals surface area contributed by atoms with Gasteiger partial charge < -0.3 is 10.1 Å². The second-order valence-corrected chi connectivity index (χ2v) is 5.68. The zero-order valence-corrected chi connectivity index (χ0v) is 14.1. The first-order chi connectivity index (χ1) is 12.0. The first kappa shape index (κ1) is 16.9. The van der Waals surface area contributed by atoms with Crippen molar-refractivity contribution in [3.05, 3.63) is 70.3 Å². The fraction of sp³-hybridized carbons (Fsp3) is 0.105. The highest BCUT2D eigenvalue weighted by molar-refractivity contribution is 6.53. The third-order valence-electron chi connectivity index (χ3n) is 3.71. The summed E-state index contributed by atoms with van der Waals surface area (Å²) in [6, 6.07) is 12.9. The molecule has 3 rings (SSSR count). The molecule has 6 heteroatoms. The van der Waals surface area contributed by atoms with Gasteiger partial charge in [0.1, 0.15) is 16.4 Å². The molecule has 0 heterocycles. The highest BCUT2D eigenvalue weighted by Crippen LogP contribution is 2.29. The molecule has 0 radical (unpaired) electrons. The number of carbonyl (C=O) groups is 3. The summed E-state index contributed by atoms with van der Waals surface area (Å²) in [4.78, 5) is 37.4. The van der Waals surface area contributed by atoms with Crippen LogP contribution < -0.4 is 10.1 Å². The van der Waals surface area contributed by atoms with Crippen molar-refractivity contribution in [3.8, 4) is 5.75 Å². The minimum atomic E-state index is -0.720. The van der Waals surface area contributed by atoms with E-state index in [2.05, 4.69) is 5.32 Å². The highest BCUT2D eigenvalue weighted by Gasteiger charge is 2.34. The summed E-state index contributed by atoms with van der Waals surface area (Å²) in [5, 5.41) is 2.21. The van der Waals surface area contributed by atoms with E-state index < -0.39 is 17.5 Å². The van der Waals surface area contributed by atoms with E-state index in [0.29, 0.717) is 18.0 Å². The monoisotopic (exact) mass is 355 g/mol. The van der Waals surface area contributed by atoms with Crippen molar-refractivity contribution in [1.82, 2.24) is 0 Å². The molecule has 0 aromatic heterocycles. The predicted octanol–water partition coefficient (Wildman–Crippen LogP) is 3.60. The van der Waals surface area contributed by atoms with Crippen LogP contribution in [0.25, 0.3) is 0 Å². The molecular weight excluding hydrogens is 342 g/mol. The van der Waals surface area contributed by atoms with Gasteiger partial charge in [-0.05, 0) is 31.2 Å². The number of fused-ring (bicyclic) bond motifs is 1. The van der Waals surface area contributed by atoms with Gasteiger partial charge in [0, 0.05) is 16.8 Å². The van der Waals surface area contributed by atoms with Crippen LogP contribution in [0.15, 0.2) is 59.1 Å². The van der Waals surface area contributed by atoms with Crippen LogP contribution in [0.5, 0.6) is 5.75 Å². The molecule has 0 saturated carbocycles. The summed E-state index contributed by atoms with van der Waals surface area (Å²) in [6.07, 6.45) is 0. The average molecular weight is 356 g/mol. The van der Waals surface area contributed by atoms with Crippen molar-refractivity contribution < 1.29 is 19.1 Å². The van der Waals surface area contributed by atoms with E-state index in [9.17, 15) is 14.4 Å². The molecule has 0 bridgehead atoms. The van der Waals surface area contributed by atoms with E-state index in [1.807, 2.05) is 6.92 Å². The molecule has 1 N–H and O–H groups in total. The van der Waals surface area contributed by atoms with Crippen LogP contribution in [0.4, 0.5) is 5.69 Å². The third-order valence-corrected chi connectivity index (χ3v) is 4.07. The Balaban J connectivity index is 1.88. The van der Waals surface area contributed by atoms with Gasteiger partial charge in [-0.15, -0.1) is 0 Å². The van der Waals surface area contributed by atoms with Gasteiger partial charge in [-0.2, -0.15) is 0 Å². The SMILES string of the molecule is CCOc1ccc(NC(=O)C2=C(Cl)C(=O)c3ccccc3C2=O)cc1. The Morgan fingerprint density at radius 3 is 2.20 bits per heavy atom. The molecule has 0 unspecified atom stereocenters. The summed E-state index contributed by atoms with van der Waals surface area (Å²) >= 11 is 6.01. The van der Waals surface area contributed by atoms with Crippen molar-refractivity contribution in [2.24, 2.45) is 0 Å². The zero-order valence-electron chi connectivity index (χ0n) is 13.3. The quantitative estimate of drug-likeness (QED) is 0.850. The number of nitrogens with one attached hydrogen (secondary N) is 1. The summed E-state index contributed by atoms with van der Waals surface area (Å²) in [5.41, 5.74) is 0.493. The fourth-order valence-electron chi connectivity index (χ4n) is 2.54. The number of benzene rings is 2. The van der Waals surface area contributed by atoms with Crippen molar-refractivity contribution in [2.45, 2.75) is 6.92 Å². The van der Waals surface area contributed by atoms with Gasteiger partial charge >= 0.3 is 0 Å². The molecule has 2 aromatic carbocycles. The number of ketones is 2. The van der Waals surface area contributed by atoms with Crippen LogP contribution in [0.2, 0.25) is 0 Å². The minimum absolute atomic E-state index is 0.175. The summed E-state index contributed by atoms with van der Waals surface area (Å²) in [7, 11) is 0. The Morgan fingerprint density at radius 1 is 1.00 bits per heavy atom.